The van der Waals surface area contributed by atoms with Crippen LogP contribution < -0.4 is 18.9 Å². The largest absolute Gasteiger partial charge is 0.493 e. The van der Waals surface area contributed by atoms with Gasteiger partial charge in [0.2, 0.25) is 5.78 Å². The van der Waals surface area contributed by atoms with Gasteiger partial charge < -0.3 is 28.6 Å². The molecule has 1 amide bonds. The molecule has 0 aliphatic carbocycles. The average Bonchev–Trinajstić information content (AvgIpc) is 3.21. The summed E-state index contributed by atoms with van der Waals surface area (Å²) in [5.41, 5.74) is 1.04. The molecule has 0 radical (unpaired) electrons. The molecule has 9 nitrogen and oxygen atoms in total. The van der Waals surface area contributed by atoms with Crippen LogP contribution in [0.1, 0.15) is 35.7 Å². The van der Waals surface area contributed by atoms with E-state index in [1.54, 1.807) is 54.3 Å². The summed E-state index contributed by atoms with van der Waals surface area (Å²) >= 11 is 0. The highest BCUT2D eigenvalue weighted by molar-refractivity contribution is 6.14. The van der Waals surface area contributed by atoms with Gasteiger partial charge in [-0.15, -0.1) is 0 Å². The normalized spacial score (nSPS) is 17.9. The van der Waals surface area contributed by atoms with Gasteiger partial charge in [0.15, 0.2) is 23.9 Å². The van der Waals surface area contributed by atoms with E-state index < -0.39 is 0 Å². The Balaban J connectivity index is 1.41. The summed E-state index contributed by atoms with van der Waals surface area (Å²) in [6.45, 7) is 2.79. The van der Waals surface area contributed by atoms with Gasteiger partial charge in [-0.05, 0) is 44.0 Å². The Labute approximate surface area is 209 Å². The number of fused-ring (bicyclic) bond motifs is 1. The van der Waals surface area contributed by atoms with Crippen molar-refractivity contribution in [3.8, 4) is 23.0 Å². The number of amides is 1. The van der Waals surface area contributed by atoms with Gasteiger partial charge >= 0.3 is 5.97 Å². The number of esters is 1. The van der Waals surface area contributed by atoms with Crippen LogP contribution in [0, 0.1) is 5.92 Å². The number of hydrogen-bond acceptors (Lipinski definition) is 8. The Morgan fingerprint density at radius 2 is 2.00 bits per heavy atom. The van der Waals surface area contributed by atoms with Crippen LogP contribution in [0.25, 0.3) is 6.08 Å². The third-order valence-corrected chi connectivity index (χ3v) is 6.12. The molecule has 2 aromatic rings. The molecule has 36 heavy (non-hydrogen) atoms. The van der Waals surface area contributed by atoms with Gasteiger partial charge in [-0.1, -0.05) is 12.1 Å². The van der Waals surface area contributed by atoms with Gasteiger partial charge in [-0.25, -0.2) is 0 Å². The van der Waals surface area contributed by atoms with Crippen molar-refractivity contribution >= 4 is 23.7 Å². The highest BCUT2D eigenvalue weighted by Gasteiger charge is 2.30. The Hall–Kier alpha value is -4.01. The topological polar surface area (TPSA) is 101 Å². The van der Waals surface area contributed by atoms with Gasteiger partial charge in [-0.2, -0.15) is 0 Å². The third kappa shape index (κ3) is 5.30. The molecule has 1 fully saturated rings. The smallest absolute Gasteiger partial charge is 0.310 e. The Morgan fingerprint density at radius 1 is 1.17 bits per heavy atom. The van der Waals surface area contributed by atoms with Crippen LogP contribution >= 0.6 is 0 Å². The van der Waals surface area contributed by atoms with E-state index in [1.165, 1.54) is 14.2 Å². The van der Waals surface area contributed by atoms with Crippen LogP contribution in [0.4, 0.5) is 0 Å². The van der Waals surface area contributed by atoms with Crippen LogP contribution in [-0.4, -0.2) is 63.1 Å². The molecule has 2 heterocycles. The van der Waals surface area contributed by atoms with Crippen LogP contribution in [-0.2, 0) is 14.3 Å². The minimum Gasteiger partial charge on any atom is -0.493 e. The van der Waals surface area contributed by atoms with Crippen LogP contribution in [0.3, 0.4) is 0 Å². The number of hydrogen-bond donors (Lipinski definition) is 0. The predicted octanol–water partition coefficient (Wildman–Crippen LogP) is 3.50. The van der Waals surface area contributed by atoms with Gasteiger partial charge in [0.25, 0.3) is 5.91 Å². The maximum absolute atomic E-state index is 12.9. The maximum Gasteiger partial charge on any atom is 0.310 e. The quantitative estimate of drug-likeness (QED) is 0.405. The highest BCUT2D eigenvalue weighted by atomic mass is 16.5. The van der Waals surface area contributed by atoms with E-state index in [9.17, 15) is 14.4 Å². The summed E-state index contributed by atoms with van der Waals surface area (Å²) in [5.74, 6) is 0.851. The summed E-state index contributed by atoms with van der Waals surface area (Å²) in [5, 5.41) is 0. The lowest BCUT2D eigenvalue weighted by atomic mass is 9.98. The van der Waals surface area contributed by atoms with Crippen molar-refractivity contribution in [2.75, 3.05) is 40.5 Å². The number of carbonyl (C=O) groups excluding carboxylic acids is 3. The molecule has 0 saturated carbocycles. The molecule has 2 aromatic carbocycles. The fraction of sp³-hybridized carbons (Fsp3) is 0.370. The fourth-order valence-electron chi connectivity index (χ4n) is 4.32. The number of allylic oxidation sites excluding steroid dienone is 1. The summed E-state index contributed by atoms with van der Waals surface area (Å²) < 4.78 is 27.3. The van der Waals surface area contributed by atoms with E-state index in [0.29, 0.717) is 60.2 Å². The standard InChI is InChI=1S/C27H29NO8/c1-4-34-27(31)18-8-6-12-28(15-18)24(29)16-35-19-10-11-20-22(14-19)36-23(25(20)30)13-17-7-5-9-21(32-2)26(17)33-3/h5,7,9-11,13-14,18H,4,6,8,12,15-16H2,1-3H3. The number of ether oxygens (including phenoxy) is 5. The molecular formula is C27H29NO8. The first-order chi connectivity index (χ1) is 17.4. The number of carbonyl (C=O) groups is 3. The SMILES string of the molecule is CCOC(=O)C1CCCN(C(=O)COc2ccc3c(c2)OC(=Cc2cccc(OC)c2OC)C3=O)C1. The van der Waals surface area contributed by atoms with Gasteiger partial charge in [0, 0.05) is 24.7 Å². The van der Waals surface area contributed by atoms with E-state index in [2.05, 4.69) is 0 Å². The number of Topliss-reactive ketones (excluding diaryl/α,β-unsaturated/α-hetero) is 1. The minimum absolute atomic E-state index is 0.142. The molecule has 0 aromatic heterocycles. The number of para-hydroxylation sites is 1. The lowest BCUT2D eigenvalue weighted by molar-refractivity contribution is -0.151. The van der Waals surface area contributed by atoms with E-state index >= 15 is 0 Å². The number of likely N-dealkylation sites (tertiary alicyclic amines) is 1. The van der Waals surface area contributed by atoms with Crippen molar-refractivity contribution in [2.45, 2.75) is 19.8 Å². The lowest BCUT2D eigenvalue weighted by Crippen LogP contribution is -2.44. The Bertz CT molecular complexity index is 1190. The summed E-state index contributed by atoms with van der Waals surface area (Å²) in [6, 6.07) is 10.2. The molecule has 1 unspecified atom stereocenters. The summed E-state index contributed by atoms with van der Waals surface area (Å²) in [4.78, 5) is 39.2. The zero-order valence-corrected chi connectivity index (χ0v) is 20.6. The molecule has 9 heteroatoms. The van der Waals surface area contributed by atoms with Gasteiger partial charge in [-0.3, -0.25) is 14.4 Å². The zero-order chi connectivity index (χ0) is 25.7. The molecule has 0 N–H and O–H groups in total. The van der Waals surface area contributed by atoms with Crippen molar-refractivity contribution in [2.24, 2.45) is 5.92 Å². The van der Waals surface area contributed by atoms with Crippen molar-refractivity contribution < 1.29 is 38.1 Å². The van der Waals surface area contributed by atoms with E-state index in [-0.39, 0.29) is 35.9 Å². The van der Waals surface area contributed by atoms with E-state index in [1.807, 2.05) is 0 Å². The first-order valence-corrected chi connectivity index (χ1v) is 11.8. The second-order valence-corrected chi connectivity index (χ2v) is 8.40. The van der Waals surface area contributed by atoms with Gasteiger partial charge in [0.1, 0.15) is 11.5 Å². The molecule has 2 aliphatic rings. The first kappa shape index (κ1) is 25.1. The Morgan fingerprint density at radius 3 is 2.75 bits per heavy atom. The van der Waals surface area contributed by atoms with E-state index in [4.69, 9.17) is 23.7 Å². The molecule has 2 aliphatic heterocycles. The van der Waals surface area contributed by atoms with Crippen LogP contribution in [0.5, 0.6) is 23.0 Å². The summed E-state index contributed by atoms with van der Waals surface area (Å²) in [6.07, 6.45) is 3.04. The molecule has 0 bridgehead atoms. The highest BCUT2D eigenvalue weighted by Crippen LogP contribution is 2.37. The van der Waals surface area contributed by atoms with Crippen molar-refractivity contribution in [3.63, 3.8) is 0 Å². The van der Waals surface area contributed by atoms with Crippen LogP contribution in [0.2, 0.25) is 0 Å². The van der Waals surface area contributed by atoms with Crippen molar-refractivity contribution in [3.05, 3.63) is 53.3 Å². The monoisotopic (exact) mass is 495 g/mol. The first-order valence-electron chi connectivity index (χ1n) is 11.8. The fourth-order valence-corrected chi connectivity index (χ4v) is 4.32. The second-order valence-electron chi connectivity index (χ2n) is 8.40. The van der Waals surface area contributed by atoms with Crippen LogP contribution in [0.15, 0.2) is 42.2 Å². The number of piperidine rings is 1. The molecular weight excluding hydrogens is 466 g/mol. The third-order valence-electron chi connectivity index (χ3n) is 6.12. The number of methoxy groups -OCH3 is 2. The maximum atomic E-state index is 12.9. The molecule has 190 valence electrons. The van der Waals surface area contributed by atoms with Crippen molar-refractivity contribution in [1.82, 2.24) is 4.90 Å². The van der Waals surface area contributed by atoms with E-state index in [0.717, 1.165) is 6.42 Å². The molecule has 0 spiro atoms. The predicted molar refractivity (Wildman–Crippen MR) is 130 cm³/mol. The average molecular weight is 496 g/mol. The molecule has 4 rings (SSSR count). The number of benzene rings is 2. The second kappa shape index (κ2) is 11.2. The number of rotatable bonds is 8. The number of nitrogens with zero attached hydrogens (tertiary/aromatic N) is 1. The summed E-state index contributed by atoms with van der Waals surface area (Å²) in [7, 11) is 3.07. The zero-order valence-electron chi connectivity index (χ0n) is 20.6. The van der Waals surface area contributed by atoms with Gasteiger partial charge in [0.05, 0.1) is 32.3 Å². The molecule has 1 atom stereocenters. The molecule has 1 saturated heterocycles. The van der Waals surface area contributed by atoms with Crippen molar-refractivity contribution in [1.29, 1.82) is 0 Å². The lowest BCUT2D eigenvalue weighted by Gasteiger charge is -2.31. The number of ketones is 1. The minimum atomic E-state index is -0.310. The Kier molecular flexibility index (Phi) is 7.77.